The van der Waals surface area contributed by atoms with Gasteiger partial charge in [-0.1, -0.05) is 10.4 Å². The predicted molar refractivity (Wildman–Crippen MR) is 46.6 cm³/mol. The van der Waals surface area contributed by atoms with E-state index in [2.05, 4.69) is 31.1 Å². The number of carbonyl (C=O) groups excluding carboxylic acids is 1. The van der Waals surface area contributed by atoms with Crippen LogP contribution in [-0.2, 0) is 6.54 Å². The highest BCUT2D eigenvalue weighted by Gasteiger charge is 2.12. The Labute approximate surface area is 84.0 Å². The van der Waals surface area contributed by atoms with Gasteiger partial charge >= 0.3 is 0 Å². The normalized spacial score (nSPS) is 10.2. The molecule has 0 saturated carbocycles. The largest absolute Gasteiger partial charge is 0.361 e. The SMILES string of the molecule is Cc1oncc1C(=O)NCc1nn[nH]n1. The molecule has 0 aliphatic heterocycles. The van der Waals surface area contributed by atoms with Gasteiger partial charge in [0.05, 0.1) is 12.7 Å². The Morgan fingerprint density at radius 1 is 1.67 bits per heavy atom. The van der Waals surface area contributed by atoms with Crippen LogP contribution in [0.2, 0.25) is 0 Å². The number of H-pyrrole nitrogens is 1. The highest BCUT2D eigenvalue weighted by atomic mass is 16.5. The predicted octanol–water partition coefficient (Wildman–Crippen LogP) is -0.574. The van der Waals surface area contributed by atoms with Crippen LogP contribution in [0.3, 0.4) is 0 Å². The van der Waals surface area contributed by atoms with Crippen LogP contribution in [0.25, 0.3) is 0 Å². The number of rotatable bonds is 3. The van der Waals surface area contributed by atoms with Crippen molar-refractivity contribution in [2.45, 2.75) is 13.5 Å². The fourth-order valence-corrected chi connectivity index (χ4v) is 1.03. The molecule has 0 saturated heterocycles. The van der Waals surface area contributed by atoms with Crippen molar-refractivity contribution < 1.29 is 9.32 Å². The average molecular weight is 208 g/mol. The summed E-state index contributed by atoms with van der Waals surface area (Å²) in [6, 6.07) is 0. The van der Waals surface area contributed by atoms with E-state index in [4.69, 9.17) is 4.52 Å². The maximum Gasteiger partial charge on any atom is 0.256 e. The molecule has 78 valence electrons. The third-order valence-corrected chi connectivity index (χ3v) is 1.79. The molecule has 0 radical (unpaired) electrons. The maximum absolute atomic E-state index is 11.5. The Morgan fingerprint density at radius 2 is 2.53 bits per heavy atom. The summed E-state index contributed by atoms with van der Waals surface area (Å²) in [7, 11) is 0. The summed E-state index contributed by atoms with van der Waals surface area (Å²) in [6.07, 6.45) is 1.36. The Bertz CT molecular complexity index is 448. The zero-order valence-corrected chi connectivity index (χ0v) is 7.89. The second kappa shape index (κ2) is 3.86. The lowest BCUT2D eigenvalue weighted by Crippen LogP contribution is -2.23. The summed E-state index contributed by atoms with van der Waals surface area (Å²) in [5.74, 6) is 0.608. The van der Waals surface area contributed by atoms with Gasteiger partial charge in [-0.05, 0) is 6.92 Å². The summed E-state index contributed by atoms with van der Waals surface area (Å²) in [5.41, 5.74) is 0.401. The lowest BCUT2D eigenvalue weighted by molar-refractivity contribution is 0.0948. The van der Waals surface area contributed by atoms with Crippen molar-refractivity contribution >= 4 is 5.91 Å². The molecule has 1 amide bonds. The van der Waals surface area contributed by atoms with Crippen molar-refractivity contribution in [2.24, 2.45) is 0 Å². The van der Waals surface area contributed by atoms with Crippen molar-refractivity contribution in [3.05, 3.63) is 23.3 Å². The summed E-state index contributed by atoms with van der Waals surface area (Å²) in [5, 5.41) is 19.1. The first kappa shape index (κ1) is 9.31. The van der Waals surface area contributed by atoms with Gasteiger partial charge in [-0.15, -0.1) is 10.2 Å². The van der Waals surface area contributed by atoms with Crippen molar-refractivity contribution in [2.75, 3.05) is 0 Å². The number of aromatic nitrogens is 5. The zero-order valence-electron chi connectivity index (χ0n) is 7.89. The number of hydrogen-bond acceptors (Lipinski definition) is 6. The van der Waals surface area contributed by atoms with Gasteiger partial charge in [-0.2, -0.15) is 5.21 Å². The Kier molecular flexibility index (Phi) is 2.40. The standard InChI is InChI=1S/C7H8N6O2/c1-4-5(2-9-15-4)7(14)8-3-6-10-12-13-11-6/h2H,3H2,1H3,(H,8,14)(H,10,11,12,13). The first-order valence-corrected chi connectivity index (χ1v) is 4.19. The molecule has 2 aromatic heterocycles. The van der Waals surface area contributed by atoms with Crippen molar-refractivity contribution in [1.29, 1.82) is 0 Å². The molecule has 0 fully saturated rings. The van der Waals surface area contributed by atoms with E-state index in [0.29, 0.717) is 17.1 Å². The number of nitrogens with zero attached hydrogens (tertiary/aromatic N) is 4. The molecule has 8 nitrogen and oxygen atoms in total. The van der Waals surface area contributed by atoms with E-state index < -0.39 is 0 Å². The molecule has 0 aliphatic rings. The molecule has 0 bridgehead atoms. The van der Waals surface area contributed by atoms with Crippen LogP contribution in [0.4, 0.5) is 0 Å². The van der Waals surface area contributed by atoms with Crippen molar-refractivity contribution in [1.82, 2.24) is 31.1 Å². The number of tetrazole rings is 1. The van der Waals surface area contributed by atoms with Gasteiger partial charge in [0.15, 0.2) is 5.82 Å². The summed E-state index contributed by atoms with van der Waals surface area (Å²) in [4.78, 5) is 11.5. The fourth-order valence-electron chi connectivity index (χ4n) is 1.03. The van der Waals surface area contributed by atoms with E-state index in [1.807, 2.05) is 0 Å². The quantitative estimate of drug-likeness (QED) is 0.698. The van der Waals surface area contributed by atoms with Crippen molar-refractivity contribution in [3.63, 3.8) is 0 Å². The van der Waals surface area contributed by atoms with Gasteiger partial charge in [0.1, 0.15) is 11.3 Å². The molecule has 2 rings (SSSR count). The molecule has 8 heteroatoms. The molecule has 2 heterocycles. The molecule has 0 aliphatic carbocycles. The summed E-state index contributed by atoms with van der Waals surface area (Å²) in [6.45, 7) is 1.87. The number of nitrogens with one attached hydrogen (secondary N) is 2. The molecule has 0 atom stereocenters. The second-order valence-corrected chi connectivity index (χ2v) is 2.81. The molecule has 15 heavy (non-hydrogen) atoms. The second-order valence-electron chi connectivity index (χ2n) is 2.81. The van der Waals surface area contributed by atoms with Gasteiger partial charge in [0.25, 0.3) is 5.91 Å². The van der Waals surface area contributed by atoms with E-state index in [0.717, 1.165) is 0 Å². The molecule has 0 aromatic carbocycles. The Hall–Kier alpha value is -2.25. The maximum atomic E-state index is 11.5. The van der Waals surface area contributed by atoms with Gasteiger partial charge < -0.3 is 9.84 Å². The molecule has 0 spiro atoms. The van der Waals surface area contributed by atoms with Gasteiger partial charge in [0.2, 0.25) is 0 Å². The third kappa shape index (κ3) is 1.98. The first-order valence-electron chi connectivity index (χ1n) is 4.19. The summed E-state index contributed by atoms with van der Waals surface area (Å²) >= 11 is 0. The third-order valence-electron chi connectivity index (χ3n) is 1.79. The monoisotopic (exact) mass is 208 g/mol. The van der Waals surface area contributed by atoms with E-state index in [9.17, 15) is 4.79 Å². The Balaban J connectivity index is 1.96. The smallest absolute Gasteiger partial charge is 0.256 e. The van der Waals surface area contributed by atoms with Crippen LogP contribution in [0.15, 0.2) is 10.7 Å². The number of carbonyl (C=O) groups is 1. The van der Waals surface area contributed by atoms with Crippen LogP contribution < -0.4 is 5.32 Å². The summed E-state index contributed by atoms with van der Waals surface area (Å²) < 4.78 is 4.76. The minimum absolute atomic E-state index is 0.208. The molecular formula is C7H8N6O2. The zero-order chi connectivity index (χ0) is 10.7. The number of aromatic amines is 1. The van der Waals surface area contributed by atoms with Gasteiger partial charge in [-0.3, -0.25) is 4.79 Å². The van der Waals surface area contributed by atoms with E-state index >= 15 is 0 Å². The number of aryl methyl sites for hydroxylation is 1. The lowest BCUT2D eigenvalue weighted by atomic mass is 10.2. The first-order chi connectivity index (χ1) is 7.27. The minimum atomic E-state index is -0.279. The van der Waals surface area contributed by atoms with E-state index in [1.54, 1.807) is 6.92 Å². The highest BCUT2D eigenvalue weighted by molar-refractivity contribution is 5.94. The van der Waals surface area contributed by atoms with E-state index in [-0.39, 0.29) is 12.5 Å². The van der Waals surface area contributed by atoms with E-state index in [1.165, 1.54) is 6.20 Å². The fraction of sp³-hybridized carbons (Fsp3) is 0.286. The number of hydrogen-bond donors (Lipinski definition) is 2. The van der Waals surface area contributed by atoms with Crippen molar-refractivity contribution in [3.8, 4) is 0 Å². The lowest BCUT2D eigenvalue weighted by Gasteiger charge is -1.98. The number of amides is 1. The van der Waals surface area contributed by atoms with Gasteiger partial charge in [-0.25, -0.2) is 0 Å². The van der Waals surface area contributed by atoms with Crippen LogP contribution in [0.1, 0.15) is 21.9 Å². The minimum Gasteiger partial charge on any atom is -0.361 e. The highest BCUT2D eigenvalue weighted by Crippen LogP contribution is 2.05. The average Bonchev–Trinajstić information content (AvgIpc) is 2.84. The Morgan fingerprint density at radius 3 is 3.13 bits per heavy atom. The molecule has 2 aromatic rings. The van der Waals surface area contributed by atoms with Crippen LogP contribution in [0.5, 0.6) is 0 Å². The van der Waals surface area contributed by atoms with Crippen LogP contribution in [0, 0.1) is 6.92 Å². The van der Waals surface area contributed by atoms with Gasteiger partial charge in [0, 0.05) is 0 Å². The molecule has 0 unspecified atom stereocenters. The van der Waals surface area contributed by atoms with Crippen LogP contribution >= 0.6 is 0 Å². The topological polar surface area (TPSA) is 110 Å². The molecular weight excluding hydrogens is 200 g/mol. The van der Waals surface area contributed by atoms with Crippen LogP contribution in [-0.4, -0.2) is 31.7 Å². The molecule has 2 N–H and O–H groups in total.